The van der Waals surface area contributed by atoms with Crippen LogP contribution in [0.2, 0.25) is 0 Å². The molecule has 2 atom stereocenters. The lowest BCUT2D eigenvalue weighted by Crippen LogP contribution is -2.18. The zero-order valence-corrected chi connectivity index (χ0v) is 15.8. The van der Waals surface area contributed by atoms with Crippen molar-refractivity contribution in [3.8, 4) is 16.9 Å². The fourth-order valence-corrected chi connectivity index (χ4v) is 4.29. The van der Waals surface area contributed by atoms with Crippen molar-refractivity contribution < 1.29 is 4.74 Å². The highest BCUT2D eigenvalue weighted by Gasteiger charge is 2.26. The molecule has 5 nitrogen and oxygen atoms in total. The van der Waals surface area contributed by atoms with E-state index < -0.39 is 0 Å². The minimum absolute atomic E-state index is 0.0305. The third-order valence-corrected chi connectivity index (χ3v) is 5.73. The average molecular weight is 376 g/mol. The SMILES string of the molecule is COc1ccc([C@@H]2C[C@@H](c3cccc(-c4cncnc4)c3)N=C(N)S2)cc1. The Morgan fingerprint density at radius 2 is 1.78 bits per heavy atom. The summed E-state index contributed by atoms with van der Waals surface area (Å²) in [4.78, 5) is 12.9. The van der Waals surface area contributed by atoms with E-state index in [1.54, 1.807) is 18.9 Å². The van der Waals surface area contributed by atoms with Crippen LogP contribution in [0.4, 0.5) is 0 Å². The van der Waals surface area contributed by atoms with Gasteiger partial charge >= 0.3 is 0 Å². The number of amidine groups is 1. The quantitative estimate of drug-likeness (QED) is 0.731. The smallest absolute Gasteiger partial charge is 0.155 e. The molecule has 2 heterocycles. The molecule has 4 rings (SSSR count). The molecule has 2 aromatic carbocycles. The van der Waals surface area contributed by atoms with Crippen molar-refractivity contribution in [1.82, 2.24) is 9.97 Å². The number of benzene rings is 2. The first kappa shape index (κ1) is 17.5. The van der Waals surface area contributed by atoms with Crippen LogP contribution in [-0.4, -0.2) is 22.2 Å². The first-order chi connectivity index (χ1) is 13.2. The Hall–Kier alpha value is -2.86. The van der Waals surface area contributed by atoms with Crippen LogP contribution in [0.1, 0.15) is 28.8 Å². The Morgan fingerprint density at radius 1 is 1.00 bits per heavy atom. The fraction of sp³-hybridized carbons (Fsp3) is 0.190. The number of thioether (sulfide) groups is 1. The van der Waals surface area contributed by atoms with Gasteiger partial charge in [0.15, 0.2) is 5.17 Å². The molecule has 2 N–H and O–H groups in total. The van der Waals surface area contributed by atoms with Crippen molar-refractivity contribution in [2.45, 2.75) is 17.7 Å². The molecule has 27 heavy (non-hydrogen) atoms. The van der Waals surface area contributed by atoms with E-state index in [2.05, 4.69) is 40.3 Å². The van der Waals surface area contributed by atoms with Gasteiger partial charge in [0.2, 0.25) is 0 Å². The summed E-state index contributed by atoms with van der Waals surface area (Å²) in [5, 5.41) is 0.891. The lowest BCUT2D eigenvalue weighted by Gasteiger charge is -2.26. The molecule has 1 aliphatic heterocycles. The van der Waals surface area contributed by atoms with Gasteiger partial charge in [-0.05, 0) is 41.3 Å². The Bertz CT molecular complexity index is 944. The van der Waals surface area contributed by atoms with E-state index in [1.165, 1.54) is 11.9 Å². The van der Waals surface area contributed by atoms with Gasteiger partial charge in [-0.25, -0.2) is 9.97 Å². The summed E-state index contributed by atoms with van der Waals surface area (Å²) in [5.74, 6) is 0.857. The Kier molecular flexibility index (Phi) is 5.07. The van der Waals surface area contributed by atoms with Gasteiger partial charge < -0.3 is 10.5 Å². The molecule has 136 valence electrons. The maximum absolute atomic E-state index is 6.16. The van der Waals surface area contributed by atoms with Gasteiger partial charge in [0.1, 0.15) is 12.1 Å². The maximum Gasteiger partial charge on any atom is 0.155 e. The Balaban J connectivity index is 1.61. The number of methoxy groups -OCH3 is 1. The topological polar surface area (TPSA) is 73.4 Å². The van der Waals surface area contributed by atoms with Crippen LogP contribution in [0.5, 0.6) is 5.75 Å². The molecule has 1 aromatic heterocycles. The number of nitrogens with zero attached hydrogens (tertiary/aromatic N) is 3. The van der Waals surface area contributed by atoms with Crippen molar-refractivity contribution >= 4 is 16.9 Å². The number of aromatic nitrogens is 2. The Labute approximate surface area is 162 Å². The number of aliphatic imine (C=N–C) groups is 1. The van der Waals surface area contributed by atoms with Crippen LogP contribution < -0.4 is 10.5 Å². The Morgan fingerprint density at radius 3 is 2.52 bits per heavy atom. The van der Waals surface area contributed by atoms with Crippen molar-refractivity contribution in [3.05, 3.63) is 78.4 Å². The maximum atomic E-state index is 6.16. The summed E-state index contributed by atoms with van der Waals surface area (Å²) in [7, 11) is 1.68. The zero-order chi connectivity index (χ0) is 18.6. The molecule has 0 aliphatic carbocycles. The normalized spacial score (nSPS) is 19.4. The minimum Gasteiger partial charge on any atom is -0.497 e. The summed E-state index contributed by atoms with van der Waals surface area (Å²) in [6.07, 6.45) is 6.07. The minimum atomic E-state index is 0.0305. The van der Waals surface area contributed by atoms with Gasteiger partial charge in [-0.1, -0.05) is 42.1 Å². The van der Waals surface area contributed by atoms with E-state index >= 15 is 0 Å². The molecular formula is C21H20N4OS. The molecule has 0 spiro atoms. The molecule has 0 saturated carbocycles. The van der Waals surface area contributed by atoms with Gasteiger partial charge in [0.25, 0.3) is 0 Å². The monoisotopic (exact) mass is 376 g/mol. The molecule has 0 saturated heterocycles. The van der Waals surface area contributed by atoms with Crippen LogP contribution in [0, 0.1) is 0 Å². The van der Waals surface area contributed by atoms with Crippen molar-refractivity contribution in [2.75, 3.05) is 7.11 Å². The standard InChI is InChI=1S/C21H20N4OS/c1-26-18-7-5-14(6-8-18)20-10-19(25-21(22)27-20)16-4-2-3-15(9-16)17-11-23-13-24-12-17/h2-9,11-13,19-20H,10H2,1H3,(H2,22,25)/t19-,20-/m0/s1. The second kappa shape index (κ2) is 7.80. The molecule has 0 bridgehead atoms. The summed E-state index contributed by atoms with van der Waals surface area (Å²) < 4.78 is 5.26. The molecule has 0 unspecified atom stereocenters. The van der Waals surface area contributed by atoms with Crippen LogP contribution in [-0.2, 0) is 0 Å². The molecule has 0 radical (unpaired) electrons. The van der Waals surface area contributed by atoms with Gasteiger partial charge in [-0.3, -0.25) is 4.99 Å². The third kappa shape index (κ3) is 3.95. The van der Waals surface area contributed by atoms with Crippen LogP contribution >= 0.6 is 11.8 Å². The second-order valence-corrected chi connectivity index (χ2v) is 7.57. The number of rotatable bonds is 4. The first-order valence-corrected chi connectivity index (χ1v) is 9.60. The van der Waals surface area contributed by atoms with Gasteiger partial charge in [0.05, 0.1) is 13.2 Å². The molecule has 0 fully saturated rings. The molecule has 6 heteroatoms. The highest BCUT2D eigenvalue weighted by Crippen LogP contribution is 2.43. The summed E-state index contributed by atoms with van der Waals surface area (Å²) in [5.41, 5.74) is 10.6. The van der Waals surface area contributed by atoms with E-state index in [-0.39, 0.29) is 11.3 Å². The van der Waals surface area contributed by atoms with Crippen LogP contribution in [0.25, 0.3) is 11.1 Å². The van der Waals surface area contributed by atoms with Crippen LogP contribution in [0.3, 0.4) is 0 Å². The lowest BCUT2D eigenvalue weighted by molar-refractivity contribution is 0.414. The highest BCUT2D eigenvalue weighted by atomic mass is 32.2. The molecular weight excluding hydrogens is 356 g/mol. The summed E-state index contributed by atoms with van der Waals surface area (Å²) in [6, 6.07) is 16.6. The predicted octanol–water partition coefficient (Wildman–Crippen LogP) is 4.39. The van der Waals surface area contributed by atoms with Gasteiger partial charge in [-0.15, -0.1) is 0 Å². The number of hydrogen-bond acceptors (Lipinski definition) is 6. The number of ether oxygens (including phenoxy) is 1. The van der Waals surface area contributed by atoms with Crippen molar-refractivity contribution in [3.63, 3.8) is 0 Å². The molecule has 3 aromatic rings. The number of nitrogens with two attached hydrogens (primary N) is 1. The largest absolute Gasteiger partial charge is 0.497 e. The van der Waals surface area contributed by atoms with Crippen molar-refractivity contribution in [1.29, 1.82) is 0 Å². The van der Waals surface area contributed by atoms with Gasteiger partial charge in [0, 0.05) is 23.2 Å². The van der Waals surface area contributed by atoms with E-state index in [0.717, 1.165) is 28.9 Å². The first-order valence-electron chi connectivity index (χ1n) is 8.72. The third-order valence-electron chi connectivity index (χ3n) is 4.64. The van der Waals surface area contributed by atoms with E-state index in [0.29, 0.717) is 5.17 Å². The second-order valence-electron chi connectivity index (χ2n) is 6.35. The zero-order valence-electron chi connectivity index (χ0n) is 14.9. The average Bonchev–Trinajstić information content (AvgIpc) is 2.74. The summed E-state index contributed by atoms with van der Waals surface area (Å²) >= 11 is 1.62. The van der Waals surface area contributed by atoms with E-state index in [1.807, 2.05) is 30.6 Å². The van der Waals surface area contributed by atoms with E-state index in [9.17, 15) is 0 Å². The highest BCUT2D eigenvalue weighted by molar-refractivity contribution is 8.14. The van der Waals surface area contributed by atoms with E-state index in [4.69, 9.17) is 15.5 Å². The summed E-state index contributed by atoms with van der Waals surface area (Å²) in [6.45, 7) is 0. The molecule has 1 aliphatic rings. The molecule has 0 amide bonds. The fourth-order valence-electron chi connectivity index (χ4n) is 3.24. The lowest BCUT2D eigenvalue weighted by atomic mass is 9.96. The number of hydrogen-bond donors (Lipinski definition) is 1. The van der Waals surface area contributed by atoms with Gasteiger partial charge in [-0.2, -0.15) is 0 Å². The van der Waals surface area contributed by atoms with Crippen molar-refractivity contribution in [2.24, 2.45) is 10.7 Å². The van der Waals surface area contributed by atoms with Crippen LogP contribution in [0.15, 0.2) is 72.2 Å². The predicted molar refractivity (Wildman–Crippen MR) is 110 cm³/mol.